The van der Waals surface area contributed by atoms with Crippen LogP contribution in [0.2, 0.25) is 0 Å². The van der Waals surface area contributed by atoms with Gasteiger partial charge in [0.25, 0.3) is 0 Å². The molecule has 8 nitrogen and oxygen atoms in total. The fourth-order valence-electron chi connectivity index (χ4n) is 2.75. The molecule has 3 rings (SSSR count). The Morgan fingerprint density at radius 1 is 1.24 bits per heavy atom. The van der Waals surface area contributed by atoms with Gasteiger partial charge < -0.3 is 5.73 Å². The Kier molecular flexibility index (Phi) is 4.34. The summed E-state index contributed by atoms with van der Waals surface area (Å²) in [6.45, 7) is 2.14. The van der Waals surface area contributed by atoms with E-state index in [2.05, 4.69) is 9.97 Å². The third-order valence-electron chi connectivity index (χ3n) is 3.95. The van der Waals surface area contributed by atoms with Gasteiger partial charge in [0.15, 0.2) is 11.5 Å². The van der Waals surface area contributed by atoms with Gasteiger partial charge in [-0.3, -0.25) is 9.13 Å². The van der Waals surface area contributed by atoms with Crippen LogP contribution in [0.1, 0.15) is 18.9 Å². The van der Waals surface area contributed by atoms with Crippen molar-refractivity contribution in [2.24, 2.45) is 7.05 Å². The number of nitrogens with one attached hydrogen (secondary N) is 1. The molecule has 0 aliphatic carbocycles. The number of anilines is 1. The lowest BCUT2D eigenvalue weighted by Crippen LogP contribution is -2.23. The van der Waals surface area contributed by atoms with Crippen molar-refractivity contribution in [2.45, 2.75) is 25.0 Å². The molecule has 2 aromatic heterocycles. The Bertz CT molecular complexity index is 1080. The maximum atomic E-state index is 12.6. The van der Waals surface area contributed by atoms with Crippen LogP contribution in [0, 0.1) is 4.78 Å². The molecule has 0 spiro atoms. The highest BCUT2D eigenvalue weighted by Crippen LogP contribution is 2.20. The first-order valence-corrected chi connectivity index (χ1v) is 9.61. The molecular weight excluding hydrogens is 340 g/mol. The summed E-state index contributed by atoms with van der Waals surface area (Å²) in [6, 6.07) is 9.48. The molecule has 1 unspecified atom stereocenters. The van der Waals surface area contributed by atoms with Crippen LogP contribution in [0.15, 0.2) is 40.3 Å². The molecule has 25 heavy (non-hydrogen) atoms. The van der Waals surface area contributed by atoms with Gasteiger partial charge >= 0.3 is 5.69 Å². The van der Waals surface area contributed by atoms with Crippen LogP contribution < -0.4 is 11.4 Å². The zero-order valence-electron chi connectivity index (χ0n) is 14.1. The van der Waals surface area contributed by atoms with Gasteiger partial charge in [-0.1, -0.05) is 37.3 Å². The summed E-state index contributed by atoms with van der Waals surface area (Å²) < 4.78 is 23.4. The first-order chi connectivity index (χ1) is 11.8. The molecule has 0 bridgehead atoms. The highest BCUT2D eigenvalue weighted by Gasteiger charge is 2.21. The molecule has 0 radical (unpaired) electrons. The summed E-state index contributed by atoms with van der Waals surface area (Å²) in [6.07, 6.45) is 0.565. The van der Waals surface area contributed by atoms with Crippen molar-refractivity contribution < 1.29 is 4.21 Å². The number of aryl methyl sites for hydroxylation is 1. The smallest absolute Gasteiger partial charge is 0.330 e. The fraction of sp³-hybridized carbons (Fsp3) is 0.312. The van der Waals surface area contributed by atoms with Gasteiger partial charge in [-0.05, 0) is 12.0 Å². The van der Waals surface area contributed by atoms with Crippen molar-refractivity contribution in [3.8, 4) is 0 Å². The third-order valence-corrected chi connectivity index (χ3v) is 5.71. The Labute approximate surface area is 145 Å². The second-order valence-corrected chi connectivity index (χ2v) is 7.98. The van der Waals surface area contributed by atoms with Crippen LogP contribution >= 0.6 is 0 Å². The van der Waals surface area contributed by atoms with Crippen molar-refractivity contribution >= 4 is 26.7 Å². The number of nitrogens with zero attached hydrogens (tertiary/aromatic N) is 4. The molecule has 9 heteroatoms. The van der Waals surface area contributed by atoms with Crippen LogP contribution in [-0.2, 0) is 23.3 Å². The van der Waals surface area contributed by atoms with Gasteiger partial charge in [0.2, 0.25) is 5.16 Å². The lowest BCUT2D eigenvalue weighted by molar-refractivity contribution is 0.665. The quantitative estimate of drug-likeness (QED) is 0.669. The zero-order valence-corrected chi connectivity index (χ0v) is 14.9. The standard InChI is InChI=1S/C16H20N6O2S/c1-3-9-25(18,24)15-19-13(17)12-14(20-15)22(16(23)21(12)2)10-11-7-5-4-6-8-11/h4-8,18H,3,9-10H2,1-2H3,(H2,17,19,20). The second kappa shape index (κ2) is 6.32. The first-order valence-electron chi connectivity index (χ1n) is 7.88. The minimum absolute atomic E-state index is 0.0579. The van der Waals surface area contributed by atoms with E-state index in [9.17, 15) is 9.00 Å². The van der Waals surface area contributed by atoms with E-state index in [0.29, 0.717) is 24.1 Å². The van der Waals surface area contributed by atoms with E-state index >= 15 is 0 Å². The molecule has 2 heterocycles. The molecule has 1 atom stereocenters. The topological polar surface area (TPSA) is 120 Å². The maximum Gasteiger partial charge on any atom is 0.330 e. The van der Waals surface area contributed by atoms with Crippen LogP contribution in [0.4, 0.5) is 5.82 Å². The summed E-state index contributed by atoms with van der Waals surface area (Å²) in [4.78, 5) is 21.0. The molecule has 0 amide bonds. The monoisotopic (exact) mass is 360 g/mol. The molecule has 3 N–H and O–H groups in total. The predicted molar refractivity (Wildman–Crippen MR) is 97.0 cm³/mol. The molecule has 0 aliphatic rings. The SMILES string of the molecule is CCCS(=N)(=O)c1nc(N)c2c(n1)n(Cc1ccccc1)c(=O)n2C. The molecule has 0 aliphatic heterocycles. The highest BCUT2D eigenvalue weighted by atomic mass is 32.2. The Morgan fingerprint density at radius 3 is 2.56 bits per heavy atom. The van der Waals surface area contributed by atoms with Crippen LogP contribution in [-0.4, -0.2) is 29.1 Å². The van der Waals surface area contributed by atoms with E-state index in [-0.39, 0.29) is 22.4 Å². The summed E-state index contributed by atoms with van der Waals surface area (Å²) >= 11 is 0. The summed E-state index contributed by atoms with van der Waals surface area (Å²) in [7, 11) is -1.55. The second-order valence-electron chi connectivity index (χ2n) is 5.86. The van der Waals surface area contributed by atoms with E-state index in [1.807, 2.05) is 37.3 Å². The van der Waals surface area contributed by atoms with Gasteiger partial charge in [-0.15, -0.1) is 0 Å². The summed E-state index contributed by atoms with van der Waals surface area (Å²) in [5, 5.41) is -0.119. The number of hydrogen-bond acceptors (Lipinski definition) is 6. The van der Waals surface area contributed by atoms with E-state index in [1.54, 1.807) is 7.05 Å². The molecule has 0 saturated carbocycles. The number of nitrogen functional groups attached to an aromatic ring is 1. The lowest BCUT2D eigenvalue weighted by atomic mass is 10.2. The van der Waals surface area contributed by atoms with Crippen molar-refractivity contribution in [2.75, 3.05) is 11.5 Å². The largest absolute Gasteiger partial charge is 0.382 e. The summed E-state index contributed by atoms with van der Waals surface area (Å²) in [5.41, 5.74) is 7.32. The van der Waals surface area contributed by atoms with E-state index < -0.39 is 9.73 Å². The average Bonchev–Trinajstić information content (AvgIpc) is 2.81. The third kappa shape index (κ3) is 3.02. The van der Waals surface area contributed by atoms with Crippen molar-refractivity contribution in [1.82, 2.24) is 19.1 Å². The zero-order chi connectivity index (χ0) is 18.2. The van der Waals surface area contributed by atoms with Gasteiger partial charge in [0.1, 0.15) is 15.2 Å². The molecule has 132 valence electrons. The normalized spacial score (nSPS) is 13.8. The fourth-order valence-corrected chi connectivity index (χ4v) is 3.99. The number of rotatable bonds is 5. The minimum Gasteiger partial charge on any atom is -0.382 e. The minimum atomic E-state index is -3.14. The molecule has 3 aromatic rings. The average molecular weight is 360 g/mol. The van der Waals surface area contributed by atoms with E-state index in [0.717, 1.165) is 5.56 Å². The Morgan fingerprint density at radius 2 is 1.92 bits per heavy atom. The van der Waals surface area contributed by atoms with Crippen molar-refractivity contribution in [3.05, 3.63) is 46.4 Å². The molecule has 0 fully saturated rings. The van der Waals surface area contributed by atoms with E-state index in [4.69, 9.17) is 10.5 Å². The van der Waals surface area contributed by atoms with Gasteiger partial charge in [0.05, 0.1) is 6.54 Å². The van der Waals surface area contributed by atoms with Gasteiger partial charge in [-0.25, -0.2) is 18.8 Å². The maximum absolute atomic E-state index is 12.6. The van der Waals surface area contributed by atoms with Crippen LogP contribution in [0.5, 0.6) is 0 Å². The predicted octanol–water partition coefficient (Wildman–Crippen LogP) is 1.58. The number of nitrogens with two attached hydrogens (primary N) is 1. The lowest BCUT2D eigenvalue weighted by Gasteiger charge is -2.08. The van der Waals surface area contributed by atoms with Gasteiger partial charge in [0, 0.05) is 12.8 Å². The number of aromatic nitrogens is 4. The molecule has 0 saturated heterocycles. The number of imidazole rings is 1. The Balaban J connectivity index is 2.25. The number of hydrogen-bond donors (Lipinski definition) is 2. The number of fused-ring (bicyclic) bond motifs is 1. The van der Waals surface area contributed by atoms with E-state index in [1.165, 1.54) is 9.13 Å². The van der Waals surface area contributed by atoms with Crippen LogP contribution in [0.25, 0.3) is 11.2 Å². The van der Waals surface area contributed by atoms with Crippen molar-refractivity contribution in [1.29, 1.82) is 4.78 Å². The summed E-state index contributed by atoms with van der Waals surface area (Å²) in [5.74, 6) is 0.204. The molecule has 1 aromatic carbocycles. The Hall–Kier alpha value is -2.68. The highest BCUT2D eigenvalue weighted by molar-refractivity contribution is 7.92. The molecular formula is C16H20N6O2S. The van der Waals surface area contributed by atoms with Gasteiger partial charge in [-0.2, -0.15) is 4.98 Å². The number of benzene rings is 1. The van der Waals surface area contributed by atoms with Crippen LogP contribution in [0.3, 0.4) is 0 Å². The van der Waals surface area contributed by atoms with Crippen molar-refractivity contribution in [3.63, 3.8) is 0 Å². The first kappa shape index (κ1) is 17.2.